The molecule has 1 aromatic carbocycles. The summed E-state index contributed by atoms with van der Waals surface area (Å²) in [7, 11) is -3.64. The molecule has 1 amide bonds. The third-order valence-electron chi connectivity index (χ3n) is 8.85. The van der Waals surface area contributed by atoms with Gasteiger partial charge in [-0.1, -0.05) is 12.8 Å². The maximum Gasteiger partial charge on any atom is 0.243 e. The molecule has 1 saturated heterocycles. The number of sulfonamides is 1. The number of anilines is 3. The van der Waals surface area contributed by atoms with Gasteiger partial charge in [-0.15, -0.1) is 24.8 Å². The van der Waals surface area contributed by atoms with E-state index in [9.17, 15) is 13.2 Å². The smallest absolute Gasteiger partial charge is 0.243 e. The molecule has 3 aliphatic rings. The molecule has 2 aliphatic carbocycles. The van der Waals surface area contributed by atoms with E-state index < -0.39 is 10.0 Å². The molecule has 0 atom stereocenters. The van der Waals surface area contributed by atoms with Crippen molar-refractivity contribution in [2.45, 2.75) is 100 Å². The quantitative estimate of drug-likeness (QED) is 0.267. The van der Waals surface area contributed by atoms with Crippen LogP contribution in [0, 0.1) is 0 Å². The lowest BCUT2D eigenvalue weighted by Crippen LogP contribution is -2.42. The van der Waals surface area contributed by atoms with E-state index in [4.69, 9.17) is 20.7 Å². The summed E-state index contributed by atoms with van der Waals surface area (Å²) in [5.74, 6) is 1.10. The molecular formula is C29H43Cl2N9O3S. The molecule has 3 fully saturated rings. The average molecular weight is 669 g/mol. The first-order chi connectivity index (χ1) is 20.3. The van der Waals surface area contributed by atoms with E-state index in [2.05, 4.69) is 20.5 Å². The fourth-order valence-corrected chi connectivity index (χ4v) is 7.94. The number of hydrogen-bond acceptors (Lipinski definition) is 9. The molecular weight excluding hydrogens is 625 g/mol. The molecule has 0 bridgehead atoms. The minimum absolute atomic E-state index is 0. The Kier molecular flexibility index (Phi) is 11.3. The summed E-state index contributed by atoms with van der Waals surface area (Å²) >= 11 is 0. The fourth-order valence-electron chi connectivity index (χ4n) is 6.47. The molecule has 44 heavy (non-hydrogen) atoms. The van der Waals surface area contributed by atoms with Crippen molar-refractivity contribution >= 4 is 69.4 Å². The van der Waals surface area contributed by atoms with Gasteiger partial charge in [0.05, 0.1) is 11.2 Å². The Morgan fingerprint density at radius 1 is 0.886 bits per heavy atom. The Morgan fingerprint density at radius 3 is 2.16 bits per heavy atom. The van der Waals surface area contributed by atoms with Crippen LogP contribution in [0.1, 0.15) is 77.2 Å². The highest BCUT2D eigenvalue weighted by atomic mass is 35.5. The number of imidazole rings is 1. The van der Waals surface area contributed by atoms with Crippen LogP contribution in [-0.2, 0) is 14.8 Å². The van der Waals surface area contributed by atoms with Gasteiger partial charge in [0.2, 0.25) is 21.9 Å². The van der Waals surface area contributed by atoms with Crippen molar-refractivity contribution in [3.05, 3.63) is 30.6 Å². The van der Waals surface area contributed by atoms with Crippen LogP contribution in [0.4, 0.5) is 17.5 Å². The summed E-state index contributed by atoms with van der Waals surface area (Å²) < 4.78 is 30.4. The molecule has 2 aromatic heterocycles. The predicted octanol–water partition coefficient (Wildman–Crippen LogP) is 4.69. The van der Waals surface area contributed by atoms with E-state index in [0.29, 0.717) is 55.5 Å². The van der Waals surface area contributed by atoms with Crippen molar-refractivity contribution in [2.75, 3.05) is 29.0 Å². The molecule has 242 valence electrons. The second-order valence-electron chi connectivity index (χ2n) is 11.9. The number of nitrogens with two attached hydrogens (primary N) is 1. The highest BCUT2D eigenvalue weighted by molar-refractivity contribution is 7.89. The number of amides is 1. The average Bonchev–Trinajstić information content (AvgIpc) is 3.65. The molecule has 2 saturated carbocycles. The fraction of sp³-hybridized carbons (Fsp3) is 0.586. The molecule has 0 radical (unpaired) electrons. The Hall–Kier alpha value is -2.71. The van der Waals surface area contributed by atoms with E-state index >= 15 is 0 Å². The summed E-state index contributed by atoms with van der Waals surface area (Å²) in [6, 6.07) is 7.31. The summed E-state index contributed by atoms with van der Waals surface area (Å²) in [6.45, 7) is 2.21. The number of rotatable bonds is 8. The van der Waals surface area contributed by atoms with Gasteiger partial charge in [0, 0.05) is 49.9 Å². The van der Waals surface area contributed by atoms with Crippen molar-refractivity contribution in [1.82, 2.24) is 23.8 Å². The van der Waals surface area contributed by atoms with Crippen molar-refractivity contribution in [3.63, 3.8) is 0 Å². The minimum Gasteiger partial charge on any atom is -0.365 e. The lowest BCUT2D eigenvalue weighted by molar-refractivity contribution is -0.114. The van der Waals surface area contributed by atoms with Crippen molar-refractivity contribution in [1.29, 1.82) is 0 Å². The molecule has 3 heterocycles. The van der Waals surface area contributed by atoms with Crippen LogP contribution in [0.3, 0.4) is 0 Å². The Morgan fingerprint density at radius 2 is 1.52 bits per heavy atom. The minimum atomic E-state index is -3.64. The van der Waals surface area contributed by atoms with Crippen molar-refractivity contribution in [2.24, 2.45) is 5.73 Å². The van der Waals surface area contributed by atoms with E-state index in [0.717, 1.165) is 49.7 Å². The van der Waals surface area contributed by atoms with E-state index in [1.54, 1.807) is 12.1 Å². The zero-order valence-electron chi connectivity index (χ0n) is 24.9. The second kappa shape index (κ2) is 14.6. The topological polar surface area (TPSA) is 160 Å². The molecule has 12 nitrogen and oxygen atoms in total. The maximum atomic E-state index is 13.3. The van der Waals surface area contributed by atoms with Gasteiger partial charge < -0.3 is 26.3 Å². The van der Waals surface area contributed by atoms with Crippen molar-refractivity contribution < 1.29 is 13.2 Å². The first-order valence-corrected chi connectivity index (χ1v) is 16.6. The molecule has 15 heteroatoms. The number of benzene rings is 1. The normalized spacial score (nSPS) is 21.8. The lowest BCUT2D eigenvalue weighted by Gasteiger charge is -2.32. The van der Waals surface area contributed by atoms with E-state index in [1.165, 1.54) is 36.2 Å². The third-order valence-corrected chi connectivity index (χ3v) is 10.8. The molecule has 1 aliphatic heterocycles. The van der Waals surface area contributed by atoms with E-state index in [1.807, 2.05) is 6.33 Å². The van der Waals surface area contributed by atoms with Gasteiger partial charge >= 0.3 is 0 Å². The van der Waals surface area contributed by atoms with Gasteiger partial charge in [-0.3, -0.25) is 4.79 Å². The van der Waals surface area contributed by atoms with Gasteiger partial charge in [0.25, 0.3) is 0 Å². The monoisotopic (exact) mass is 667 g/mol. The van der Waals surface area contributed by atoms with Crippen LogP contribution in [0.2, 0.25) is 0 Å². The summed E-state index contributed by atoms with van der Waals surface area (Å²) in [5.41, 5.74) is 8.29. The van der Waals surface area contributed by atoms with Crippen LogP contribution in [0.5, 0.6) is 0 Å². The lowest BCUT2D eigenvalue weighted by atomic mass is 9.92. The van der Waals surface area contributed by atoms with Crippen LogP contribution >= 0.6 is 24.8 Å². The number of piperidine rings is 1. The number of aromatic nitrogens is 4. The van der Waals surface area contributed by atoms with Crippen LogP contribution in [0.25, 0.3) is 11.2 Å². The van der Waals surface area contributed by atoms with Gasteiger partial charge in [0.1, 0.15) is 0 Å². The molecule has 0 unspecified atom stereocenters. The summed E-state index contributed by atoms with van der Waals surface area (Å²) in [5, 5.41) is 9.84. The highest BCUT2D eigenvalue weighted by Crippen LogP contribution is 2.34. The molecule has 0 spiro atoms. The summed E-state index contributed by atoms with van der Waals surface area (Å²) in [6.07, 6.45) is 11.8. The molecule has 3 aromatic rings. The number of fused-ring (bicyclic) bond motifs is 1. The van der Waals surface area contributed by atoms with Gasteiger partial charge in [-0.25, -0.2) is 13.4 Å². The Bertz CT molecular complexity index is 1510. The first kappa shape index (κ1) is 34.2. The Balaban J connectivity index is 0.00000221. The van der Waals surface area contributed by atoms with Gasteiger partial charge in [-0.2, -0.15) is 14.3 Å². The van der Waals surface area contributed by atoms with Crippen LogP contribution in [-0.4, -0.2) is 69.4 Å². The standard InChI is InChI=1S/C29H41N9O3S.2ClH/c1-19(39)32-21-10-12-25(13-11-21)42(40,41)37-16-14-23(15-17-37)33-27-26-28(38(18-31-26)24-4-2-3-5-24)36-29(35-27)34-22-8-6-20(30)7-9-22;;/h10-13,18,20,22-24H,2-9,14-17,30H2,1H3,(H,32,39)(H2,33,34,35,36);2*1H. The molecule has 5 N–H and O–H groups in total. The van der Waals surface area contributed by atoms with Gasteiger partial charge in [-0.05, 0) is 75.6 Å². The highest BCUT2D eigenvalue weighted by Gasteiger charge is 2.31. The SMILES string of the molecule is CC(=O)Nc1ccc(S(=O)(=O)N2CCC(Nc3nc(NC4CCC(N)CC4)nc4c3ncn4C3CCCC3)CC2)cc1.Cl.Cl. The third kappa shape index (κ3) is 7.56. The van der Waals surface area contributed by atoms with E-state index in [-0.39, 0.29) is 47.7 Å². The zero-order valence-corrected chi connectivity index (χ0v) is 27.4. The number of nitrogens with zero attached hydrogens (tertiary/aromatic N) is 5. The number of nitrogens with one attached hydrogen (secondary N) is 3. The zero-order chi connectivity index (χ0) is 29.3. The van der Waals surface area contributed by atoms with Crippen LogP contribution in [0.15, 0.2) is 35.5 Å². The molecule has 6 rings (SSSR count). The maximum absolute atomic E-state index is 13.3. The van der Waals surface area contributed by atoms with Crippen molar-refractivity contribution in [3.8, 4) is 0 Å². The number of carbonyl (C=O) groups excluding carboxylic acids is 1. The second-order valence-corrected chi connectivity index (χ2v) is 13.9. The summed E-state index contributed by atoms with van der Waals surface area (Å²) in [4.78, 5) is 26.1. The van der Waals surface area contributed by atoms with Crippen LogP contribution < -0.4 is 21.7 Å². The van der Waals surface area contributed by atoms with Gasteiger partial charge in [0.15, 0.2) is 17.0 Å². The number of halogens is 2. The number of carbonyl (C=O) groups is 1. The Labute approximate surface area is 271 Å². The largest absolute Gasteiger partial charge is 0.365 e. The number of hydrogen-bond donors (Lipinski definition) is 4. The predicted molar refractivity (Wildman–Crippen MR) is 177 cm³/mol. The first-order valence-electron chi connectivity index (χ1n) is 15.2.